The van der Waals surface area contributed by atoms with Gasteiger partial charge in [-0.25, -0.2) is 0 Å². The number of nitrogens with one attached hydrogen (secondary N) is 1. The number of benzene rings is 2. The number of carbonyl (C=O) groups is 2. The quantitative estimate of drug-likeness (QED) is 0.401. The molecule has 3 unspecified atom stereocenters. The normalized spacial score (nSPS) is 20.7. The lowest BCUT2D eigenvalue weighted by atomic mass is 9.88. The van der Waals surface area contributed by atoms with Gasteiger partial charge in [0, 0.05) is 32.0 Å². The lowest BCUT2D eigenvalue weighted by Crippen LogP contribution is -2.54. The van der Waals surface area contributed by atoms with Gasteiger partial charge in [0.05, 0.1) is 16.2 Å². The number of para-hydroxylation sites is 1. The fourth-order valence-corrected chi connectivity index (χ4v) is 4.68. The van der Waals surface area contributed by atoms with E-state index in [1.54, 1.807) is 29.2 Å². The number of hydrogen-bond donors (Lipinski definition) is 3. The zero-order chi connectivity index (χ0) is 24.9. The van der Waals surface area contributed by atoms with Crippen molar-refractivity contribution in [1.82, 2.24) is 10.2 Å². The number of aliphatic hydroxyl groups excluding tert-OH is 2. The maximum absolute atomic E-state index is 12.8. The Morgan fingerprint density at radius 3 is 2.71 bits per heavy atom. The van der Waals surface area contributed by atoms with Crippen molar-refractivity contribution in [2.24, 2.45) is 0 Å². The first-order valence-electron chi connectivity index (χ1n) is 11.2. The summed E-state index contributed by atoms with van der Waals surface area (Å²) in [6.45, 7) is 1.68. The molecule has 9 nitrogen and oxygen atoms in total. The number of ether oxygens (including phenoxy) is 3. The van der Waals surface area contributed by atoms with Crippen molar-refractivity contribution in [3.05, 3.63) is 63.2 Å². The predicted octanol–water partition coefficient (Wildman–Crippen LogP) is 1.98. The van der Waals surface area contributed by atoms with Crippen molar-refractivity contribution in [2.45, 2.75) is 38.1 Å². The molecule has 1 aliphatic carbocycles. The lowest BCUT2D eigenvalue weighted by Gasteiger charge is -2.40. The van der Waals surface area contributed by atoms with Crippen LogP contribution in [0.5, 0.6) is 17.2 Å². The van der Waals surface area contributed by atoms with Gasteiger partial charge in [0.2, 0.25) is 18.6 Å². The second kappa shape index (κ2) is 11.3. The van der Waals surface area contributed by atoms with Crippen molar-refractivity contribution in [2.75, 3.05) is 19.9 Å². The van der Waals surface area contributed by atoms with Crippen LogP contribution in [-0.4, -0.2) is 65.1 Å². The van der Waals surface area contributed by atoms with Gasteiger partial charge >= 0.3 is 0 Å². The largest absolute Gasteiger partial charge is 0.482 e. The predicted molar refractivity (Wildman–Crippen MR) is 135 cm³/mol. The third-order valence-electron chi connectivity index (χ3n) is 5.91. The van der Waals surface area contributed by atoms with E-state index in [4.69, 9.17) is 19.3 Å². The molecule has 186 valence electrons. The molecule has 4 rings (SSSR count). The number of hydrogen-bond acceptors (Lipinski definition) is 7. The van der Waals surface area contributed by atoms with E-state index in [2.05, 4.69) is 27.9 Å². The van der Waals surface area contributed by atoms with Gasteiger partial charge in [-0.15, -0.1) is 0 Å². The molecule has 0 saturated carbocycles. The Balaban J connectivity index is 1.62. The van der Waals surface area contributed by atoms with E-state index < -0.39 is 18.2 Å². The Kier molecular flexibility index (Phi) is 8.14. The molecule has 35 heavy (non-hydrogen) atoms. The van der Waals surface area contributed by atoms with E-state index in [-0.39, 0.29) is 44.7 Å². The molecule has 2 aliphatic rings. The second-order valence-electron chi connectivity index (χ2n) is 8.28. The van der Waals surface area contributed by atoms with Gasteiger partial charge < -0.3 is 34.6 Å². The third-order valence-corrected chi connectivity index (χ3v) is 6.80. The Labute approximate surface area is 216 Å². The summed E-state index contributed by atoms with van der Waals surface area (Å²) < 4.78 is 17.8. The smallest absolute Gasteiger partial charge is 0.247 e. The minimum absolute atomic E-state index is 0.0963. The second-order valence-corrected chi connectivity index (χ2v) is 9.44. The molecular weight excluding hydrogens is 567 g/mol. The standard InChI is InChI=1S/C25H27IN2O7/c1-15(30)28(13-16-6-7-21-22(10-16)34-14-33-21)19-11-17(25(32)27-8-9-29)12-23(24(19)31)35-20-5-3-2-4-18(20)26/h2-7,10,12,19,23-24,29,31H,8-9,11,13-14H2,1H3,(H,27,32). The lowest BCUT2D eigenvalue weighted by molar-refractivity contribution is -0.137. The topological polar surface area (TPSA) is 118 Å². The van der Waals surface area contributed by atoms with Gasteiger partial charge in [0.1, 0.15) is 18.0 Å². The minimum atomic E-state index is -1.08. The molecule has 0 aromatic heterocycles. The highest BCUT2D eigenvalue weighted by Gasteiger charge is 2.40. The van der Waals surface area contributed by atoms with Crippen LogP contribution < -0.4 is 19.5 Å². The van der Waals surface area contributed by atoms with Gasteiger partial charge in [-0.1, -0.05) is 18.2 Å². The average molecular weight is 594 g/mol. The molecule has 1 heterocycles. The Morgan fingerprint density at radius 2 is 1.97 bits per heavy atom. The highest BCUT2D eigenvalue weighted by atomic mass is 127. The highest BCUT2D eigenvalue weighted by Crippen LogP contribution is 2.34. The van der Waals surface area contributed by atoms with Gasteiger partial charge in [-0.05, 0) is 58.5 Å². The van der Waals surface area contributed by atoms with Crippen LogP contribution >= 0.6 is 22.6 Å². The highest BCUT2D eigenvalue weighted by molar-refractivity contribution is 14.1. The first kappa shape index (κ1) is 25.3. The van der Waals surface area contributed by atoms with Crippen molar-refractivity contribution >= 4 is 34.4 Å². The molecule has 10 heteroatoms. The summed E-state index contributed by atoms with van der Waals surface area (Å²) in [7, 11) is 0. The number of nitrogens with zero attached hydrogens (tertiary/aromatic N) is 1. The summed E-state index contributed by atoms with van der Waals surface area (Å²) in [4.78, 5) is 27.1. The summed E-state index contributed by atoms with van der Waals surface area (Å²) >= 11 is 2.14. The van der Waals surface area contributed by atoms with E-state index >= 15 is 0 Å². The van der Waals surface area contributed by atoms with E-state index in [0.29, 0.717) is 22.8 Å². The minimum Gasteiger partial charge on any atom is -0.482 e. The molecule has 2 aromatic rings. The molecule has 0 spiro atoms. The number of aliphatic hydroxyl groups is 2. The number of fused-ring (bicyclic) bond motifs is 1. The van der Waals surface area contributed by atoms with Gasteiger partial charge in [0.15, 0.2) is 11.5 Å². The van der Waals surface area contributed by atoms with Crippen LogP contribution in [0.15, 0.2) is 54.1 Å². The Hall–Kier alpha value is -2.83. The molecule has 0 saturated heterocycles. The number of halogens is 1. The molecule has 0 bridgehead atoms. The first-order valence-corrected chi connectivity index (χ1v) is 12.3. The molecule has 1 aliphatic heterocycles. The molecule has 3 atom stereocenters. The zero-order valence-corrected chi connectivity index (χ0v) is 21.3. The first-order chi connectivity index (χ1) is 16.9. The summed E-state index contributed by atoms with van der Waals surface area (Å²) in [6, 6.07) is 12.1. The van der Waals surface area contributed by atoms with E-state index in [0.717, 1.165) is 9.13 Å². The van der Waals surface area contributed by atoms with Crippen LogP contribution in [0.1, 0.15) is 18.9 Å². The maximum Gasteiger partial charge on any atom is 0.247 e. The van der Waals surface area contributed by atoms with Crippen LogP contribution in [0.4, 0.5) is 0 Å². The Morgan fingerprint density at radius 1 is 1.20 bits per heavy atom. The van der Waals surface area contributed by atoms with E-state index in [1.165, 1.54) is 6.92 Å². The molecule has 0 fully saturated rings. The molecule has 2 aromatic carbocycles. The molecule has 3 N–H and O–H groups in total. The number of amides is 2. The van der Waals surface area contributed by atoms with Crippen molar-refractivity contribution in [1.29, 1.82) is 0 Å². The number of rotatable bonds is 8. The number of carbonyl (C=O) groups excluding carboxylic acids is 2. The maximum atomic E-state index is 12.8. The average Bonchev–Trinajstić information content (AvgIpc) is 3.31. The zero-order valence-electron chi connectivity index (χ0n) is 19.1. The van der Waals surface area contributed by atoms with Crippen molar-refractivity contribution in [3.63, 3.8) is 0 Å². The van der Waals surface area contributed by atoms with Crippen molar-refractivity contribution < 1.29 is 34.0 Å². The molecule has 0 radical (unpaired) electrons. The summed E-state index contributed by atoms with van der Waals surface area (Å²) in [6.07, 6.45) is -0.221. The SMILES string of the molecule is CC(=O)N(Cc1ccc2c(c1)OCO2)C1CC(C(=O)NCCO)=CC(Oc2ccccc2I)C1O. The van der Waals surface area contributed by atoms with Crippen LogP contribution in [0.3, 0.4) is 0 Å². The monoisotopic (exact) mass is 594 g/mol. The molecular formula is C25H27IN2O7. The van der Waals surface area contributed by atoms with Gasteiger partial charge in [-0.3, -0.25) is 9.59 Å². The molecule has 2 amide bonds. The summed E-state index contributed by atoms with van der Waals surface area (Å²) in [5, 5.41) is 23.1. The van der Waals surface area contributed by atoms with E-state index in [9.17, 15) is 14.7 Å². The van der Waals surface area contributed by atoms with Crippen LogP contribution in [0.25, 0.3) is 0 Å². The van der Waals surface area contributed by atoms with Crippen LogP contribution in [-0.2, 0) is 16.1 Å². The van der Waals surface area contributed by atoms with Gasteiger partial charge in [0.25, 0.3) is 0 Å². The summed E-state index contributed by atoms with van der Waals surface area (Å²) in [5.74, 6) is 1.17. The third kappa shape index (κ3) is 5.88. The van der Waals surface area contributed by atoms with Crippen LogP contribution in [0.2, 0.25) is 0 Å². The van der Waals surface area contributed by atoms with Crippen molar-refractivity contribution in [3.8, 4) is 17.2 Å². The van der Waals surface area contributed by atoms with Crippen LogP contribution in [0, 0.1) is 3.57 Å². The van der Waals surface area contributed by atoms with Gasteiger partial charge in [-0.2, -0.15) is 0 Å². The fourth-order valence-electron chi connectivity index (χ4n) is 4.16. The van der Waals surface area contributed by atoms with E-state index in [1.807, 2.05) is 24.3 Å². The summed E-state index contributed by atoms with van der Waals surface area (Å²) in [5.41, 5.74) is 1.18. The fraction of sp³-hybridized carbons (Fsp3) is 0.360. The Bertz CT molecular complexity index is 1120.